The molecule has 1 rings (SSSR count). The summed E-state index contributed by atoms with van der Waals surface area (Å²) in [5, 5.41) is 0. The van der Waals surface area contributed by atoms with Gasteiger partial charge in [0.15, 0.2) is 0 Å². The molecular weight excluding hydrogens is 208 g/mol. The monoisotopic (exact) mass is 234 g/mol. The van der Waals surface area contributed by atoms with Crippen LogP contribution in [0.3, 0.4) is 0 Å². The van der Waals surface area contributed by atoms with Crippen LogP contribution in [0.25, 0.3) is 0 Å². The maximum absolute atomic E-state index is 6.18. The molecule has 0 fully saturated rings. The van der Waals surface area contributed by atoms with Crippen molar-refractivity contribution in [3.05, 3.63) is 29.8 Å². The van der Waals surface area contributed by atoms with Crippen molar-refractivity contribution in [1.82, 2.24) is 0 Å². The average molecular weight is 234 g/mol. The molecule has 0 aliphatic carbocycles. The lowest BCUT2D eigenvalue weighted by Gasteiger charge is -2.31. The van der Waals surface area contributed by atoms with Crippen molar-refractivity contribution < 1.29 is 4.74 Å². The minimum absolute atomic E-state index is 0.0132. The predicted molar refractivity (Wildman–Crippen MR) is 74.8 cm³/mol. The van der Waals surface area contributed by atoms with Gasteiger partial charge in [0.05, 0.1) is 0 Å². The standard InChI is InChI=1S/C16H26O/c1-6-16(7-2,8-3)17-15-11-9-14(10-12-15)13(4)5/h9-13H,6-8H2,1-5H3. The quantitative estimate of drug-likeness (QED) is 0.660. The van der Waals surface area contributed by atoms with Crippen LogP contribution in [0.15, 0.2) is 24.3 Å². The smallest absolute Gasteiger partial charge is 0.120 e. The lowest BCUT2D eigenvalue weighted by atomic mass is 9.94. The second kappa shape index (κ2) is 6.09. The summed E-state index contributed by atoms with van der Waals surface area (Å²) in [6.45, 7) is 11.0. The third-order valence-electron chi connectivity index (χ3n) is 3.81. The predicted octanol–water partition coefficient (Wildman–Crippen LogP) is 5.16. The maximum Gasteiger partial charge on any atom is 0.120 e. The van der Waals surface area contributed by atoms with Gasteiger partial charge in [0.25, 0.3) is 0 Å². The van der Waals surface area contributed by atoms with Crippen LogP contribution in [-0.2, 0) is 0 Å². The van der Waals surface area contributed by atoms with Crippen molar-refractivity contribution >= 4 is 0 Å². The van der Waals surface area contributed by atoms with E-state index in [4.69, 9.17) is 4.74 Å². The van der Waals surface area contributed by atoms with Crippen LogP contribution in [0, 0.1) is 0 Å². The summed E-state index contributed by atoms with van der Waals surface area (Å²) in [6.07, 6.45) is 3.18. The van der Waals surface area contributed by atoms with Gasteiger partial charge in [-0.15, -0.1) is 0 Å². The normalized spacial score (nSPS) is 11.9. The average Bonchev–Trinajstić information content (AvgIpc) is 2.37. The molecule has 0 aromatic heterocycles. The van der Waals surface area contributed by atoms with Gasteiger partial charge in [0.1, 0.15) is 11.4 Å². The van der Waals surface area contributed by atoms with Crippen LogP contribution >= 0.6 is 0 Å². The van der Waals surface area contributed by atoms with Gasteiger partial charge in [-0.05, 0) is 42.9 Å². The van der Waals surface area contributed by atoms with E-state index in [1.807, 2.05) is 0 Å². The van der Waals surface area contributed by atoms with E-state index in [-0.39, 0.29) is 5.60 Å². The molecule has 0 aliphatic heterocycles. The highest BCUT2D eigenvalue weighted by Crippen LogP contribution is 2.28. The minimum atomic E-state index is 0.0132. The molecule has 0 bridgehead atoms. The second-order valence-corrected chi connectivity index (χ2v) is 5.07. The molecule has 0 amide bonds. The molecule has 96 valence electrons. The Hall–Kier alpha value is -0.980. The molecule has 0 N–H and O–H groups in total. The first-order chi connectivity index (χ1) is 8.06. The zero-order chi connectivity index (χ0) is 12.9. The van der Waals surface area contributed by atoms with E-state index in [0.29, 0.717) is 5.92 Å². The van der Waals surface area contributed by atoms with Gasteiger partial charge < -0.3 is 4.74 Å². The fraction of sp³-hybridized carbons (Fsp3) is 0.625. The molecule has 1 heteroatoms. The Morgan fingerprint density at radius 2 is 1.41 bits per heavy atom. The first kappa shape index (κ1) is 14.1. The van der Waals surface area contributed by atoms with Gasteiger partial charge in [0, 0.05) is 0 Å². The van der Waals surface area contributed by atoms with Crippen LogP contribution in [0.2, 0.25) is 0 Å². The van der Waals surface area contributed by atoms with Crippen molar-refractivity contribution in [2.24, 2.45) is 0 Å². The minimum Gasteiger partial charge on any atom is -0.487 e. The molecule has 0 heterocycles. The molecule has 0 atom stereocenters. The Morgan fingerprint density at radius 1 is 0.941 bits per heavy atom. The van der Waals surface area contributed by atoms with Gasteiger partial charge >= 0.3 is 0 Å². The molecule has 1 nitrogen and oxygen atoms in total. The van der Waals surface area contributed by atoms with Gasteiger partial charge in [-0.2, -0.15) is 0 Å². The molecule has 1 aromatic rings. The number of benzene rings is 1. The highest BCUT2D eigenvalue weighted by Gasteiger charge is 2.25. The van der Waals surface area contributed by atoms with Crippen LogP contribution in [0.1, 0.15) is 65.4 Å². The van der Waals surface area contributed by atoms with Gasteiger partial charge in [-0.25, -0.2) is 0 Å². The Kier molecular flexibility index (Phi) is 5.04. The Morgan fingerprint density at radius 3 is 1.76 bits per heavy atom. The van der Waals surface area contributed by atoms with E-state index in [0.717, 1.165) is 25.0 Å². The zero-order valence-electron chi connectivity index (χ0n) is 11.9. The maximum atomic E-state index is 6.18. The van der Waals surface area contributed by atoms with Crippen molar-refractivity contribution in [2.75, 3.05) is 0 Å². The third kappa shape index (κ3) is 3.49. The summed E-state index contributed by atoms with van der Waals surface area (Å²) in [7, 11) is 0. The topological polar surface area (TPSA) is 9.23 Å². The molecule has 0 saturated carbocycles. The van der Waals surface area contributed by atoms with Gasteiger partial charge in [-0.3, -0.25) is 0 Å². The van der Waals surface area contributed by atoms with Crippen molar-refractivity contribution in [1.29, 1.82) is 0 Å². The van der Waals surface area contributed by atoms with E-state index in [1.54, 1.807) is 0 Å². The fourth-order valence-corrected chi connectivity index (χ4v) is 2.14. The lowest BCUT2D eigenvalue weighted by molar-refractivity contribution is 0.0561. The molecule has 0 unspecified atom stereocenters. The Bertz CT molecular complexity index is 312. The SMILES string of the molecule is CCC(CC)(CC)Oc1ccc(C(C)C)cc1. The third-order valence-corrected chi connectivity index (χ3v) is 3.81. The lowest BCUT2D eigenvalue weighted by Crippen LogP contribution is -2.33. The van der Waals surface area contributed by atoms with Crippen molar-refractivity contribution in [3.8, 4) is 5.75 Å². The van der Waals surface area contributed by atoms with Crippen LogP contribution in [0.4, 0.5) is 0 Å². The first-order valence-electron chi connectivity index (χ1n) is 6.85. The Balaban J connectivity index is 2.80. The summed E-state index contributed by atoms with van der Waals surface area (Å²) in [5.41, 5.74) is 1.38. The number of ether oxygens (including phenoxy) is 1. The van der Waals surface area contributed by atoms with E-state index >= 15 is 0 Å². The highest BCUT2D eigenvalue weighted by molar-refractivity contribution is 5.29. The first-order valence-corrected chi connectivity index (χ1v) is 6.85. The van der Waals surface area contributed by atoms with Crippen molar-refractivity contribution in [3.63, 3.8) is 0 Å². The molecule has 0 radical (unpaired) electrons. The zero-order valence-corrected chi connectivity index (χ0v) is 11.9. The van der Waals surface area contributed by atoms with Crippen LogP contribution in [-0.4, -0.2) is 5.60 Å². The summed E-state index contributed by atoms with van der Waals surface area (Å²) in [5.74, 6) is 1.58. The second-order valence-electron chi connectivity index (χ2n) is 5.07. The van der Waals surface area contributed by atoms with E-state index < -0.39 is 0 Å². The van der Waals surface area contributed by atoms with Crippen molar-refractivity contribution in [2.45, 2.75) is 65.4 Å². The molecule has 0 aliphatic rings. The molecule has 17 heavy (non-hydrogen) atoms. The summed E-state index contributed by atoms with van der Waals surface area (Å²) < 4.78 is 6.18. The summed E-state index contributed by atoms with van der Waals surface area (Å²) in [6, 6.07) is 8.55. The van der Waals surface area contributed by atoms with E-state index in [1.165, 1.54) is 5.56 Å². The Labute approximate surface area is 106 Å². The van der Waals surface area contributed by atoms with Gasteiger partial charge in [0.2, 0.25) is 0 Å². The largest absolute Gasteiger partial charge is 0.487 e. The molecular formula is C16H26O. The van der Waals surface area contributed by atoms with E-state index in [9.17, 15) is 0 Å². The number of hydrogen-bond donors (Lipinski definition) is 0. The number of rotatable bonds is 6. The van der Waals surface area contributed by atoms with E-state index in [2.05, 4.69) is 58.9 Å². The molecule has 1 aromatic carbocycles. The van der Waals surface area contributed by atoms with Crippen LogP contribution in [0.5, 0.6) is 5.75 Å². The summed E-state index contributed by atoms with van der Waals surface area (Å²) in [4.78, 5) is 0. The molecule has 0 spiro atoms. The number of hydrogen-bond acceptors (Lipinski definition) is 1. The highest BCUT2D eigenvalue weighted by atomic mass is 16.5. The van der Waals surface area contributed by atoms with Crippen LogP contribution < -0.4 is 4.74 Å². The van der Waals surface area contributed by atoms with Gasteiger partial charge in [-0.1, -0.05) is 46.8 Å². The fourth-order valence-electron chi connectivity index (χ4n) is 2.14. The molecule has 0 saturated heterocycles. The summed E-state index contributed by atoms with van der Waals surface area (Å²) >= 11 is 0.